The van der Waals surface area contributed by atoms with Gasteiger partial charge in [-0.1, -0.05) is 23.4 Å². The van der Waals surface area contributed by atoms with Crippen LogP contribution in [0, 0.1) is 6.92 Å². The molecule has 23 heavy (non-hydrogen) atoms. The smallest absolute Gasteiger partial charge is 0.305 e. The van der Waals surface area contributed by atoms with E-state index in [1.807, 2.05) is 6.92 Å². The van der Waals surface area contributed by atoms with Crippen LogP contribution in [0.15, 0.2) is 4.52 Å². The summed E-state index contributed by atoms with van der Waals surface area (Å²) in [4.78, 5) is 23.3. The molecule has 0 atom stereocenters. The molecule has 0 saturated heterocycles. The van der Waals surface area contributed by atoms with Gasteiger partial charge in [-0.25, -0.2) is 0 Å². The first kappa shape index (κ1) is 17.1. The zero-order valence-electron chi connectivity index (χ0n) is 13.2. The number of nitrogens with one attached hydrogen (secondary N) is 1. The third-order valence-corrected chi connectivity index (χ3v) is 4.08. The molecule has 0 aliphatic rings. The monoisotopic (exact) mass is 338 g/mol. The molecule has 1 N–H and O–H groups in total. The van der Waals surface area contributed by atoms with Crippen molar-refractivity contribution in [3.8, 4) is 0 Å². The fraction of sp³-hybridized carbons (Fsp3) is 0.500. The summed E-state index contributed by atoms with van der Waals surface area (Å²) in [6.45, 7) is 3.60. The zero-order chi connectivity index (χ0) is 16.8. The van der Waals surface area contributed by atoms with Crippen molar-refractivity contribution in [1.82, 2.24) is 15.4 Å². The normalized spacial score (nSPS) is 10.6. The highest BCUT2D eigenvalue weighted by atomic mass is 32.1. The summed E-state index contributed by atoms with van der Waals surface area (Å²) in [6, 6.07) is 0. The first-order valence-electron chi connectivity index (χ1n) is 7.20. The minimum atomic E-state index is -0.308. The highest BCUT2D eigenvalue weighted by Crippen LogP contribution is 2.20. The van der Waals surface area contributed by atoms with Crippen molar-refractivity contribution in [2.75, 3.05) is 12.4 Å². The Kier molecular flexibility index (Phi) is 5.80. The van der Waals surface area contributed by atoms with Crippen molar-refractivity contribution in [2.24, 2.45) is 0 Å². The van der Waals surface area contributed by atoms with Crippen LogP contribution in [0.2, 0.25) is 0 Å². The molecule has 1 amide bonds. The lowest BCUT2D eigenvalue weighted by atomic mass is 10.1. The fourth-order valence-corrected chi connectivity index (χ4v) is 2.78. The van der Waals surface area contributed by atoms with E-state index in [4.69, 9.17) is 4.52 Å². The van der Waals surface area contributed by atoms with E-state index in [0.29, 0.717) is 47.8 Å². The molecule has 0 bridgehead atoms. The van der Waals surface area contributed by atoms with E-state index in [1.54, 1.807) is 6.92 Å². The van der Waals surface area contributed by atoms with E-state index in [9.17, 15) is 9.59 Å². The van der Waals surface area contributed by atoms with Gasteiger partial charge in [0.25, 0.3) is 5.91 Å². The molecular formula is C14H18N4O4S. The van der Waals surface area contributed by atoms with Gasteiger partial charge in [-0.3, -0.25) is 14.9 Å². The Bertz CT molecular complexity index is 695. The third kappa shape index (κ3) is 4.35. The molecule has 124 valence electrons. The van der Waals surface area contributed by atoms with E-state index in [-0.39, 0.29) is 11.9 Å². The summed E-state index contributed by atoms with van der Waals surface area (Å²) in [5.74, 6) is -0.0851. The first-order valence-corrected chi connectivity index (χ1v) is 8.02. The SMILES string of the molecule is CCc1noc(C)c1C(=O)Nc1nnc(CCCC(=O)OC)s1. The predicted molar refractivity (Wildman–Crippen MR) is 83.4 cm³/mol. The van der Waals surface area contributed by atoms with Gasteiger partial charge in [0.1, 0.15) is 16.3 Å². The Morgan fingerprint density at radius 1 is 1.35 bits per heavy atom. The number of anilines is 1. The molecule has 2 aromatic rings. The molecule has 9 heteroatoms. The van der Waals surface area contributed by atoms with Crippen molar-refractivity contribution >= 4 is 28.3 Å². The number of amides is 1. The lowest BCUT2D eigenvalue weighted by molar-refractivity contribution is -0.140. The number of nitrogens with zero attached hydrogens (tertiary/aromatic N) is 3. The Morgan fingerprint density at radius 3 is 2.83 bits per heavy atom. The molecular weight excluding hydrogens is 320 g/mol. The molecule has 0 aromatic carbocycles. The van der Waals surface area contributed by atoms with E-state index in [0.717, 1.165) is 5.01 Å². The second-order valence-corrected chi connectivity index (χ2v) is 5.86. The Hall–Kier alpha value is -2.29. The predicted octanol–water partition coefficient (Wildman–Crippen LogP) is 2.14. The van der Waals surface area contributed by atoms with Gasteiger partial charge in [0.05, 0.1) is 12.8 Å². The summed E-state index contributed by atoms with van der Waals surface area (Å²) < 4.78 is 9.63. The van der Waals surface area contributed by atoms with Gasteiger partial charge in [-0.15, -0.1) is 10.2 Å². The molecule has 2 aromatic heterocycles. The van der Waals surface area contributed by atoms with Gasteiger partial charge in [-0.2, -0.15) is 0 Å². The largest absolute Gasteiger partial charge is 0.469 e. The number of carbonyl (C=O) groups excluding carboxylic acids is 2. The Balaban J connectivity index is 1.95. The van der Waals surface area contributed by atoms with Crippen LogP contribution in [0.3, 0.4) is 0 Å². The molecule has 0 fully saturated rings. The quantitative estimate of drug-likeness (QED) is 0.771. The molecule has 0 radical (unpaired) electrons. The number of aromatic nitrogens is 3. The number of hydrogen-bond acceptors (Lipinski definition) is 8. The number of aryl methyl sites for hydroxylation is 3. The standard InChI is InChI=1S/C14H18N4O4S/c1-4-9-12(8(2)22-18-9)13(20)15-14-17-16-10(23-14)6-5-7-11(19)21-3/h4-7H2,1-3H3,(H,15,17,20). The van der Waals surface area contributed by atoms with Crippen molar-refractivity contribution in [3.05, 3.63) is 22.0 Å². The van der Waals surface area contributed by atoms with E-state index >= 15 is 0 Å². The molecule has 8 nitrogen and oxygen atoms in total. The number of hydrogen-bond donors (Lipinski definition) is 1. The Labute approximate surface area is 137 Å². The average molecular weight is 338 g/mol. The maximum absolute atomic E-state index is 12.3. The highest BCUT2D eigenvalue weighted by molar-refractivity contribution is 7.15. The summed E-state index contributed by atoms with van der Waals surface area (Å²) in [5, 5.41) is 15.7. The van der Waals surface area contributed by atoms with Gasteiger partial charge in [0.2, 0.25) is 5.13 Å². The first-order chi connectivity index (χ1) is 11.0. The number of ether oxygens (including phenoxy) is 1. The Morgan fingerprint density at radius 2 is 2.13 bits per heavy atom. The van der Waals surface area contributed by atoms with Crippen LogP contribution in [0.1, 0.15) is 46.6 Å². The van der Waals surface area contributed by atoms with Crippen molar-refractivity contribution in [1.29, 1.82) is 0 Å². The lowest BCUT2D eigenvalue weighted by Crippen LogP contribution is -2.14. The number of esters is 1. The van der Waals surface area contributed by atoms with E-state index in [2.05, 4.69) is 25.4 Å². The zero-order valence-corrected chi connectivity index (χ0v) is 14.0. The fourth-order valence-electron chi connectivity index (χ4n) is 2.00. The van der Waals surface area contributed by atoms with Crippen molar-refractivity contribution < 1.29 is 18.8 Å². The molecule has 0 aliphatic carbocycles. The summed E-state index contributed by atoms with van der Waals surface area (Å²) in [7, 11) is 1.36. The third-order valence-electron chi connectivity index (χ3n) is 3.18. The van der Waals surface area contributed by atoms with Crippen LogP contribution in [-0.2, 0) is 22.4 Å². The van der Waals surface area contributed by atoms with Gasteiger partial charge >= 0.3 is 5.97 Å². The molecule has 0 aliphatic heterocycles. The summed E-state index contributed by atoms with van der Waals surface area (Å²) in [6.07, 6.45) is 2.17. The van der Waals surface area contributed by atoms with Crippen LogP contribution in [-0.4, -0.2) is 34.3 Å². The molecule has 2 rings (SSSR count). The molecule has 2 heterocycles. The minimum Gasteiger partial charge on any atom is -0.469 e. The molecule has 0 spiro atoms. The van der Waals surface area contributed by atoms with Gasteiger partial charge in [0, 0.05) is 12.8 Å². The summed E-state index contributed by atoms with van der Waals surface area (Å²) in [5.41, 5.74) is 1.05. The maximum atomic E-state index is 12.3. The topological polar surface area (TPSA) is 107 Å². The number of methoxy groups -OCH3 is 1. The number of carbonyl (C=O) groups is 2. The van der Waals surface area contributed by atoms with Gasteiger partial charge < -0.3 is 9.26 Å². The van der Waals surface area contributed by atoms with Crippen molar-refractivity contribution in [3.63, 3.8) is 0 Å². The van der Waals surface area contributed by atoms with Gasteiger partial charge in [0.15, 0.2) is 0 Å². The van der Waals surface area contributed by atoms with Crippen LogP contribution in [0.5, 0.6) is 0 Å². The highest BCUT2D eigenvalue weighted by Gasteiger charge is 2.20. The lowest BCUT2D eigenvalue weighted by Gasteiger charge is -2.00. The van der Waals surface area contributed by atoms with E-state index in [1.165, 1.54) is 18.4 Å². The van der Waals surface area contributed by atoms with Crippen LogP contribution in [0.4, 0.5) is 5.13 Å². The molecule has 0 saturated carbocycles. The summed E-state index contributed by atoms with van der Waals surface area (Å²) >= 11 is 1.28. The minimum absolute atomic E-state index is 0.252. The van der Waals surface area contributed by atoms with Gasteiger partial charge in [-0.05, 0) is 19.8 Å². The van der Waals surface area contributed by atoms with E-state index < -0.39 is 0 Å². The van der Waals surface area contributed by atoms with Crippen LogP contribution in [0.25, 0.3) is 0 Å². The maximum Gasteiger partial charge on any atom is 0.305 e. The van der Waals surface area contributed by atoms with Crippen LogP contribution < -0.4 is 5.32 Å². The second-order valence-electron chi connectivity index (χ2n) is 4.80. The number of rotatable bonds is 7. The van der Waals surface area contributed by atoms with Crippen LogP contribution >= 0.6 is 11.3 Å². The second kappa shape index (κ2) is 7.82. The average Bonchev–Trinajstić information content (AvgIpc) is 3.13. The van der Waals surface area contributed by atoms with Crippen molar-refractivity contribution in [2.45, 2.75) is 39.5 Å². The molecule has 0 unspecified atom stereocenters.